The van der Waals surface area contributed by atoms with Crippen LogP contribution in [0.5, 0.6) is 0 Å². The molecule has 0 aliphatic heterocycles. The van der Waals surface area contributed by atoms with Crippen LogP contribution < -0.4 is 0 Å². The van der Waals surface area contributed by atoms with E-state index in [0.717, 1.165) is 108 Å². The van der Waals surface area contributed by atoms with Gasteiger partial charge in [-0.05, 0) is 43.4 Å². The third-order valence-electron chi connectivity index (χ3n) is 19.4. The van der Waals surface area contributed by atoms with Crippen molar-refractivity contribution < 1.29 is 80.2 Å². The maximum Gasteiger partial charge on any atom is 0.472 e. The number of hydrogen-bond acceptors (Lipinski definition) is 15. The highest BCUT2D eigenvalue weighted by atomic mass is 31.2. The first-order valence-corrected chi connectivity index (χ1v) is 45.8. The van der Waals surface area contributed by atoms with Crippen molar-refractivity contribution in [1.82, 2.24) is 0 Å². The van der Waals surface area contributed by atoms with Crippen molar-refractivity contribution in [3.63, 3.8) is 0 Å². The van der Waals surface area contributed by atoms with E-state index in [4.69, 9.17) is 37.0 Å². The van der Waals surface area contributed by atoms with Crippen LogP contribution in [0.1, 0.15) is 434 Å². The Hall–Kier alpha value is -1.94. The van der Waals surface area contributed by atoms with Crippen molar-refractivity contribution in [3.8, 4) is 0 Å². The molecule has 0 amide bonds. The minimum Gasteiger partial charge on any atom is -0.462 e. The summed E-state index contributed by atoms with van der Waals surface area (Å²) in [6.45, 7) is 12.0. The summed E-state index contributed by atoms with van der Waals surface area (Å²) in [5, 5.41) is 10.7. The average molecular weight is 1490 g/mol. The van der Waals surface area contributed by atoms with Gasteiger partial charge in [-0.2, -0.15) is 0 Å². The molecule has 0 aliphatic rings. The van der Waals surface area contributed by atoms with Crippen LogP contribution in [0.3, 0.4) is 0 Å². The lowest BCUT2D eigenvalue weighted by atomic mass is 10.0. The van der Waals surface area contributed by atoms with Crippen LogP contribution in [0.25, 0.3) is 0 Å². The lowest BCUT2D eigenvalue weighted by molar-refractivity contribution is -0.161. The maximum atomic E-state index is 13.1. The molecule has 0 fully saturated rings. The van der Waals surface area contributed by atoms with Gasteiger partial charge in [-0.3, -0.25) is 37.3 Å². The SMILES string of the molecule is CCCCCCCCCCCCCCCCC(=O)O[C@H](COC(=O)CCCCCCCCCCCCC(C)C)COP(=O)(O)OC[C@H](O)COP(=O)(O)OC[C@@H](COC(=O)CCCCCCCCCCCCCCCC(C)C)OC(=O)CCCCCCCCCCCCCCCCCCC(C)C. The Morgan fingerprint density at radius 1 is 0.265 bits per heavy atom. The van der Waals surface area contributed by atoms with E-state index in [-0.39, 0.29) is 25.7 Å². The average Bonchev–Trinajstić information content (AvgIpc) is 1.08. The Morgan fingerprint density at radius 3 is 0.667 bits per heavy atom. The fraction of sp³-hybridized carbons (Fsp3) is 0.952. The fourth-order valence-electron chi connectivity index (χ4n) is 12.8. The number of aliphatic hydroxyl groups is 1. The van der Waals surface area contributed by atoms with Gasteiger partial charge < -0.3 is 33.8 Å². The summed E-state index contributed by atoms with van der Waals surface area (Å²) in [4.78, 5) is 73.2. The van der Waals surface area contributed by atoms with E-state index < -0.39 is 97.5 Å². The van der Waals surface area contributed by atoms with Crippen molar-refractivity contribution in [1.29, 1.82) is 0 Å². The predicted molar refractivity (Wildman–Crippen MR) is 418 cm³/mol. The first-order valence-electron chi connectivity index (χ1n) is 42.8. The Labute approximate surface area is 626 Å². The van der Waals surface area contributed by atoms with Gasteiger partial charge in [-0.25, -0.2) is 9.13 Å². The first-order chi connectivity index (χ1) is 49.2. The van der Waals surface area contributed by atoms with Crippen LogP contribution in [-0.2, 0) is 65.4 Å². The van der Waals surface area contributed by atoms with E-state index in [1.807, 2.05) is 0 Å². The van der Waals surface area contributed by atoms with E-state index in [9.17, 15) is 43.2 Å². The zero-order valence-electron chi connectivity index (χ0n) is 67.1. The zero-order valence-corrected chi connectivity index (χ0v) is 68.9. The molecule has 3 N–H and O–H groups in total. The number of carbonyl (C=O) groups excluding carboxylic acids is 4. The summed E-state index contributed by atoms with van der Waals surface area (Å²) >= 11 is 0. The van der Waals surface area contributed by atoms with E-state index in [1.165, 1.54) is 244 Å². The highest BCUT2D eigenvalue weighted by Gasteiger charge is 2.30. The fourth-order valence-corrected chi connectivity index (χ4v) is 14.4. The third-order valence-corrected chi connectivity index (χ3v) is 21.3. The molecule has 5 atom stereocenters. The second-order valence-corrected chi connectivity index (χ2v) is 34.2. The van der Waals surface area contributed by atoms with Gasteiger partial charge in [-0.1, -0.05) is 382 Å². The molecule has 0 saturated heterocycles. The number of ether oxygens (including phenoxy) is 4. The number of aliphatic hydroxyl groups excluding tert-OH is 1. The largest absolute Gasteiger partial charge is 0.472 e. The molecule has 606 valence electrons. The molecular formula is C83H162O17P2. The Bertz CT molecular complexity index is 1970. The summed E-state index contributed by atoms with van der Waals surface area (Å²) in [5.74, 6) is 0.253. The Balaban J connectivity index is 5.27. The van der Waals surface area contributed by atoms with E-state index in [0.29, 0.717) is 25.7 Å². The van der Waals surface area contributed by atoms with Crippen molar-refractivity contribution in [2.24, 2.45) is 17.8 Å². The first kappa shape index (κ1) is 100. The molecule has 19 heteroatoms. The van der Waals surface area contributed by atoms with Gasteiger partial charge in [-0.15, -0.1) is 0 Å². The molecule has 0 bridgehead atoms. The van der Waals surface area contributed by atoms with Crippen molar-refractivity contribution in [2.45, 2.75) is 452 Å². The third kappa shape index (κ3) is 76.3. The molecule has 0 aromatic rings. The highest BCUT2D eigenvalue weighted by Crippen LogP contribution is 2.45. The van der Waals surface area contributed by atoms with Gasteiger partial charge in [0.2, 0.25) is 0 Å². The molecule has 2 unspecified atom stereocenters. The summed E-state index contributed by atoms with van der Waals surface area (Å²) in [7, 11) is -9.93. The van der Waals surface area contributed by atoms with Gasteiger partial charge in [0.05, 0.1) is 26.4 Å². The normalized spacial score (nSPS) is 13.9. The van der Waals surface area contributed by atoms with Crippen molar-refractivity contribution in [3.05, 3.63) is 0 Å². The van der Waals surface area contributed by atoms with Crippen LogP contribution in [0.4, 0.5) is 0 Å². The zero-order chi connectivity index (χ0) is 75.1. The van der Waals surface area contributed by atoms with Crippen LogP contribution in [-0.4, -0.2) is 96.7 Å². The molecule has 0 saturated carbocycles. The van der Waals surface area contributed by atoms with E-state index in [2.05, 4.69) is 48.5 Å². The van der Waals surface area contributed by atoms with Gasteiger partial charge in [0.15, 0.2) is 12.2 Å². The molecule has 0 heterocycles. The number of carbonyl (C=O) groups is 4. The minimum atomic E-state index is -4.96. The highest BCUT2D eigenvalue weighted by molar-refractivity contribution is 7.47. The molecule has 0 spiro atoms. The number of esters is 4. The van der Waals surface area contributed by atoms with Crippen LogP contribution in [0.15, 0.2) is 0 Å². The summed E-state index contributed by atoms with van der Waals surface area (Å²) in [6.07, 6.45) is 62.3. The topological polar surface area (TPSA) is 237 Å². The Kier molecular flexibility index (Phi) is 71.8. The predicted octanol–water partition coefficient (Wildman–Crippen LogP) is 24.9. The molecule has 0 radical (unpaired) electrons. The van der Waals surface area contributed by atoms with Crippen LogP contribution in [0, 0.1) is 17.8 Å². The lowest BCUT2D eigenvalue weighted by Crippen LogP contribution is -2.30. The lowest BCUT2D eigenvalue weighted by Gasteiger charge is -2.21. The smallest absolute Gasteiger partial charge is 0.462 e. The second-order valence-electron chi connectivity index (χ2n) is 31.3. The summed E-state index contributed by atoms with van der Waals surface area (Å²) < 4.78 is 68.8. The second kappa shape index (κ2) is 73.2. The molecule has 0 aromatic heterocycles. The van der Waals surface area contributed by atoms with Crippen LogP contribution >= 0.6 is 15.6 Å². The van der Waals surface area contributed by atoms with Gasteiger partial charge in [0.1, 0.15) is 19.3 Å². The van der Waals surface area contributed by atoms with Crippen molar-refractivity contribution >= 4 is 39.5 Å². The van der Waals surface area contributed by atoms with Gasteiger partial charge in [0.25, 0.3) is 0 Å². The van der Waals surface area contributed by atoms with Gasteiger partial charge in [0, 0.05) is 25.7 Å². The molecule has 0 rings (SSSR count). The number of phosphoric acid groups is 2. The molecule has 102 heavy (non-hydrogen) atoms. The molecule has 17 nitrogen and oxygen atoms in total. The number of rotatable bonds is 81. The minimum absolute atomic E-state index is 0.108. The summed E-state index contributed by atoms with van der Waals surface area (Å²) in [5.41, 5.74) is 0. The standard InChI is InChI=1S/C83H162O17P2/c1-8-9-10-11-12-13-14-15-23-29-38-45-52-59-66-82(87)100-79(71-94-81(86)65-58-51-44-37-32-31-35-42-49-56-63-76(6)7)73-98-102(91,92)96-69-77(84)68-95-101(89,90)97-72-78(70-93-80(85)64-57-50-43-36-28-25-20-22-27-34-41-48-55-62-75(4)5)99-83(88)67-60-53-46-39-30-24-19-17-16-18-21-26-33-40-47-54-61-74(2)3/h74-79,84H,8-73H2,1-7H3,(H,89,90)(H,91,92)/t77-,78-,79-/m1/s1. The van der Waals surface area contributed by atoms with Crippen molar-refractivity contribution in [2.75, 3.05) is 39.6 Å². The van der Waals surface area contributed by atoms with E-state index in [1.54, 1.807) is 0 Å². The Morgan fingerprint density at radius 2 is 0.451 bits per heavy atom. The molecule has 0 aromatic carbocycles. The van der Waals surface area contributed by atoms with E-state index >= 15 is 0 Å². The molecular weight excluding hydrogens is 1330 g/mol. The van der Waals surface area contributed by atoms with Gasteiger partial charge >= 0.3 is 39.5 Å². The number of unbranched alkanes of at least 4 members (excludes halogenated alkanes) is 49. The monoisotopic (exact) mass is 1490 g/mol. The quantitative estimate of drug-likeness (QED) is 0.0222. The number of hydrogen-bond donors (Lipinski definition) is 3. The maximum absolute atomic E-state index is 13.1. The number of phosphoric ester groups is 2. The molecule has 0 aliphatic carbocycles. The summed E-state index contributed by atoms with van der Waals surface area (Å²) in [6, 6.07) is 0. The van der Waals surface area contributed by atoms with Crippen LogP contribution in [0.2, 0.25) is 0 Å².